The number of carbonyl (C=O) groups excluding carboxylic acids is 1. The summed E-state index contributed by atoms with van der Waals surface area (Å²) >= 11 is 6.09. The van der Waals surface area contributed by atoms with Gasteiger partial charge >= 0.3 is 10.1 Å². The van der Waals surface area contributed by atoms with Crippen LogP contribution in [0.1, 0.15) is 5.56 Å². The van der Waals surface area contributed by atoms with Crippen molar-refractivity contribution in [3.8, 4) is 0 Å². The second kappa shape index (κ2) is 6.72. The predicted molar refractivity (Wildman–Crippen MR) is 86.1 cm³/mol. The summed E-state index contributed by atoms with van der Waals surface area (Å²) in [5.41, 5.74) is 2.01. The maximum atomic E-state index is 11.4. The summed E-state index contributed by atoms with van der Waals surface area (Å²) in [5, 5.41) is 3.95. The Balaban J connectivity index is 2.33. The van der Waals surface area contributed by atoms with Gasteiger partial charge in [-0.3, -0.25) is 9.08 Å². The number of rotatable bonds is 4. The first kappa shape index (κ1) is 16.2. The molecule has 0 N–H and O–H groups in total. The van der Waals surface area contributed by atoms with E-state index in [1.165, 1.54) is 0 Å². The Kier molecular flexibility index (Phi) is 4.95. The first-order chi connectivity index (χ1) is 10.4. The largest absolute Gasteiger partial charge is 0.325 e. The molecule has 0 amide bonds. The van der Waals surface area contributed by atoms with Gasteiger partial charge in [0.05, 0.1) is 6.26 Å². The molecule has 0 aromatic heterocycles. The topological polar surface area (TPSA) is 72.8 Å². The molecule has 0 saturated carbocycles. The van der Waals surface area contributed by atoms with Gasteiger partial charge in [-0.05, 0) is 23.8 Å². The van der Waals surface area contributed by atoms with Gasteiger partial charge in [-0.1, -0.05) is 47.1 Å². The van der Waals surface area contributed by atoms with Crippen LogP contribution in [0.15, 0.2) is 59.3 Å². The van der Waals surface area contributed by atoms with Gasteiger partial charge in [-0.2, -0.15) is 8.42 Å². The summed E-state index contributed by atoms with van der Waals surface area (Å²) in [5.74, 6) is 0. The molecule has 0 aliphatic heterocycles. The van der Waals surface area contributed by atoms with E-state index in [4.69, 9.17) is 11.6 Å². The molecule has 0 unspecified atom stereocenters. The van der Waals surface area contributed by atoms with Crippen LogP contribution in [0.25, 0.3) is 5.57 Å². The quantitative estimate of drug-likeness (QED) is 0.481. The van der Waals surface area contributed by atoms with Gasteiger partial charge in [0.15, 0.2) is 6.29 Å². The first-order valence-electron chi connectivity index (χ1n) is 6.18. The molecule has 0 fully saturated rings. The number of halogens is 1. The molecule has 1 aromatic rings. The molecule has 2 rings (SSSR count). The summed E-state index contributed by atoms with van der Waals surface area (Å²) < 4.78 is 26.1. The Morgan fingerprint density at radius 1 is 1.18 bits per heavy atom. The molecule has 0 saturated heterocycles. The number of carbonyl (C=O) groups is 1. The highest BCUT2D eigenvalue weighted by Gasteiger charge is 2.11. The number of oxime groups is 1. The Bertz CT molecular complexity index is 802. The lowest BCUT2D eigenvalue weighted by molar-refractivity contribution is -0.103. The molecule has 0 spiro atoms. The van der Waals surface area contributed by atoms with E-state index < -0.39 is 10.1 Å². The standard InChI is InChI=1S/C15H12ClNO4S/c1-22(19,20)21-17-12-8-6-11(7-9-12)14(10-18)13-4-2-3-5-15(13)16/h2-10H,1H3. The van der Waals surface area contributed by atoms with Crippen LogP contribution in [0.2, 0.25) is 5.02 Å². The van der Waals surface area contributed by atoms with E-state index in [0.29, 0.717) is 27.4 Å². The lowest BCUT2D eigenvalue weighted by atomic mass is 9.97. The van der Waals surface area contributed by atoms with Gasteiger partial charge in [0.1, 0.15) is 5.71 Å². The summed E-state index contributed by atoms with van der Waals surface area (Å²) in [6.45, 7) is 0. The van der Waals surface area contributed by atoms with Crippen LogP contribution < -0.4 is 0 Å². The molecule has 5 nitrogen and oxygen atoms in total. The SMILES string of the molecule is CS(=O)(=O)ON=C1C=CC(=C(C=O)c2ccccc2Cl)C=C1. The van der Waals surface area contributed by atoms with Crippen molar-refractivity contribution in [2.45, 2.75) is 0 Å². The molecule has 0 heterocycles. The lowest BCUT2D eigenvalue weighted by Gasteiger charge is -2.09. The second-order valence-electron chi connectivity index (χ2n) is 4.43. The van der Waals surface area contributed by atoms with E-state index in [2.05, 4.69) is 9.44 Å². The zero-order valence-electron chi connectivity index (χ0n) is 11.6. The molecule has 22 heavy (non-hydrogen) atoms. The second-order valence-corrected chi connectivity index (χ2v) is 6.39. The molecule has 1 aliphatic rings. The minimum atomic E-state index is -3.65. The molecule has 0 atom stereocenters. The fraction of sp³-hybridized carbons (Fsp3) is 0.0667. The number of allylic oxidation sites excluding steroid dienone is 6. The van der Waals surface area contributed by atoms with Crippen LogP contribution in [0, 0.1) is 0 Å². The van der Waals surface area contributed by atoms with E-state index in [1.807, 2.05) is 0 Å². The van der Waals surface area contributed by atoms with Gasteiger partial charge in [-0.15, -0.1) is 0 Å². The first-order valence-corrected chi connectivity index (χ1v) is 8.37. The minimum Gasteiger partial charge on any atom is -0.298 e. The fourth-order valence-corrected chi connectivity index (χ4v) is 2.24. The zero-order valence-corrected chi connectivity index (χ0v) is 13.1. The molecule has 114 valence electrons. The monoisotopic (exact) mass is 337 g/mol. The van der Waals surface area contributed by atoms with Crippen molar-refractivity contribution in [2.24, 2.45) is 5.16 Å². The van der Waals surface area contributed by atoms with Gasteiger partial charge < -0.3 is 0 Å². The van der Waals surface area contributed by atoms with Crippen molar-refractivity contribution in [2.75, 3.05) is 6.26 Å². The number of hydrogen-bond donors (Lipinski definition) is 0. The van der Waals surface area contributed by atoms with Crippen molar-refractivity contribution in [1.29, 1.82) is 0 Å². The highest BCUT2D eigenvalue weighted by Crippen LogP contribution is 2.26. The number of aldehydes is 1. The van der Waals surface area contributed by atoms with Gasteiger partial charge in [0.25, 0.3) is 0 Å². The molecule has 7 heteroatoms. The average molecular weight is 338 g/mol. The predicted octanol–water partition coefficient (Wildman–Crippen LogP) is 2.75. The molecule has 0 radical (unpaired) electrons. The highest BCUT2D eigenvalue weighted by molar-refractivity contribution is 7.85. The smallest absolute Gasteiger partial charge is 0.298 e. The minimum absolute atomic E-state index is 0.318. The Morgan fingerprint density at radius 3 is 2.36 bits per heavy atom. The van der Waals surface area contributed by atoms with Gasteiger partial charge in [0.2, 0.25) is 0 Å². The van der Waals surface area contributed by atoms with Crippen LogP contribution in [0.3, 0.4) is 0 Å². The third-order valence-corrected chi connectivity index (χ3v) is 3.41. The van der Waals surface area contributed by atoms with Crippen molar-refractivity contribution < 1.29 is 17.5 Å². The molecule has 1 aromatic carbocycles. The Labute approximate surface area is 133 Å². The van der Waals surface area contributed by atoms with E-state index in [9.17, 15) is 13.2 Å². The van der Waals surface area contributed by atoms with E-state index in [1.54, 1.807) is 48.6 Å². The highest BCUT2D eigenvalue weighted by atomic mass is 35.5. The number of nitrogens with zero attached hydrogens (tertiary/aromatic N) is 1. The van der Waals surface area contributed by atoms with Gasteiger partial charge in [0, 0.05) is 16.2 Å². The summed E-state index contributed by atoms with van der Waals surface area (Å²) in [6, 6.07) is 7.01. The normalized spacial score (nSPS) is 13.9. The number of benzene rings is 1. The van der Waals surface area contributed by atoms with Crippen molar-refractivity contribution in [1.82, 2.24) is 0 Å². The fourth-order valence-electron chi connectivity index (χ4n) is 1.78. The van der Waals surface area contributed by atoms with E-state index >= 15 is 0 Å². The van der Waals surface area contributed by atoms with Crippen molar-refractivity contribution in [3.63, 3.8) is 0 Å². The maximum Gasteiger partial charge on any atom is 0.325 e. The van der Waals surface area contributed by atoms with Crippen LogP contribution in [-0.4, -0.2) is 26.7 Å². The Morgan fingerprint density at radius 2 is 1.82 bits per heavy atom. The summed E-state index contributed by atoms with van der Waals surface area (Å²) in [7, 11) is -3.65. The van der Waals surface area contributed by atoms with E-state index in [0.717, 1.165) is 12.5 Å². The Hall–Kier alpha value is -2.18. The molecular formula is C15H12ClNO4S. The third kappa shape index (κ3) is 4.16. The molecule has 0 bridgehead atoms. The summed E-state index contributed by atoms with van der Waals surface area (Å²) in [6.07, 6.45) is 7.98. The van der Waals surface area contributed by atoms with Crippen LogP contribution in [0.4, 0.5) is 0 Å². The summed E-state index contributed by atoms with van der Waals surface area (Å²) in [4.78, 5) is 11.4. The number of hydrogen-bond acceptors (Lipinski definition) is 5. The van der Waals surface area contributed by atoms with Crippen LogP contribution in [-0.2, 0) is 19.2 Å². The van der Waals surface area contributed by atoms with Crippen molar-refractivity contribution >= 4 is 39.3 Å². The van der Waals surface area contributed by atoms with Gasteiger partial charge in [-0.25, -0.2) is 0 Å². The lowest BCUT2D eigenvalue weighted by Crippen LogP contribution is -2.02. The molecular weight excluding hydrogens is 326 g/mol. The van der Waals surface area contributed by atoms with Crippen LogP contribution >= 0.6 is 11.6 Å². The molecule has 1 aliphatic carbocycles. The average Bonchev–Trinajstić information content (AvgIpc) is 2.48. The van der Waals surface area contributed by atoms with Crippen LogP contribution in [0.5, 0.6) is 0 Å². The van der Waals surface area contributed by atoms with E-state index in [-0.39, 0.29) is 0 Å². The zero-order chi connectivity index (χ0) is 16.2. The third-order valence-electron chi connectivity index (χ3n) is 2.74. The van der Waals surface area contributed by atoms with Crippen molar-refractivity contribution in [3.05, 3.63) is 64.7 Å². The maximum absolute atomic E-state index is 11.4.